The summed E-state index contributed by atoms with van der Waals surface area (Å²) in [5, 5.41) is 10.0. The molecule has 3 heteroatoms. The molecular formula is C13H14N2O. The molecule has 3 nitrogen and oxygen atoms in total. The van der Waals surface area contributed by atoms with Crippen molar-refractivity contribution in [2.75, 3.05) is 7.11 Å². The van der Waals surface area contributed by atoms with E-state index < -0.39 is 0 Å². The lowest BCUT2D eigenvalue weighted by Crippen LogP contribution is -2.00. The number of hydrogen-bond acceptors (Lipinski definition) is 2. The van der Waals surface area contributed by atoms with Gasteiger partial charge in [-0.15, -0.1) is 0 Å². The third-order valence-corrected chi connectivity index (χ3v) is 2.74. The summed E-state index contributed by atoms with van der Waals surface area (Å²) in [6.07, 6.45) is 2.00. The molecule has 0 fully saturated rings. The van der Waals surface area contributed by atoms with Crippen molar-refractivity contribution in [2.24, 2.45) is 0 Å². The average molecular weight is 214 g/mol. The molecule has 16 heavy (non-hydrogen) atoms. The van der Waals surface area contributed by atoms with Crippen LogP contribution < -0.4 is 4.74 Å². The van der Waals surface area contributed by atoms with Gasteiger partial charge in [-0.3, -0.25) is 0 Å². The molecular weight excluding hydrogens is 200 g/mol. The second kappa shape index (κ2) is 3.90. The summed E-state index contributed by atoms with van der Waals surface area (Å²) in [7, 11) is 1.65. The molecule has 0 saturated heterocycles. The average Bonchev–Trinajstić information content (AvgIpc) is 2.72. The Labute approximate surface area is 94.9 Å². The van der Waals surface area contributed by atoms with Gasteiger partial charge in [-0.25, -0.2) is 0 Å². The molecule has 82 valence electrons. The summed E-state index contributed by atoms with van der Waals surface area (Å²) in [4.78, 5) is 0. The molecule has 0 radical (unpaired) electrons. The molecule has 0 aliphatic heterocycles. The highest BCUT2D eigenvalue weighted by Crippen LogP contribution is 2.31. The first-order valence-corrected chi connectivity index (χ1v) is 5.26. The van der Waals surface area contributed by atoms with E-state index in [0.717, 1.165) is 16.7 Å². The summed E-state index contributed by atoms with van der Waals surface area (Å²) < 4.78 is 7.47. The fourth-order valence-electron chi connectivity index (χ4n) is 1.94. The van der Waals surface area contributed by atoms with Gasteiger partial charge in [0.25, 0.3) is 0 Å². The maximum absolute atomic E-state index is 9.05. The molecule has 0 spiro atoms. The summed E-state index contributed by atoms with van der Waals surface area (Å²) in [6, 6.07) is 8.17. The number of methoxy groups -OCH3 is 1. The van der Waals surface area contributed by atoms with Crippen molar-refractivity contribution in [3.05, 3.63) is 30.0 Å². The minimum absolute atomic E-state index is 0.348. The molecule has 0 aliphatic rings. The number of fused-ring (bicyclic) bond motifs is 1. The van der Waals surface area contributed by atoms with Gasteiger partial charge in [0.1, 0.15) is 5.75 Å². The van der Waals surface area contributed by atoms with Crippen LogP contribution in [0.25, 0.3) is 10.9 Å². The summed E-state index contributed by atoms with van der Waals surface area (Å²) in [6.45, 7) is 4.22. The van der Waals surface area contributed by atoms with Crippen LogP contribution in [0.4, 0.5) is 0 Å². The van der Waals surface area contributed by atoms with E-state index in [2.05, 4.69) is 24.5 Å². The Morgan fingerprint density at radius 1 is 1.31 bits per heavy atom. The molecule has 0 saturated carbocycles. The van der Waals surface area contributed by atoms with Crippen molar-refractivity contribution >= 4 is 10.9 Å². The third kappa shape index (κ3) is 1.43. The largest absolute Gasteiger partial charge is 0.495 e. The fourth-order valence-corrected chi connectivity index (χ4v) is 1.94. The van der Waals surface area contributed by atoms with Gasteiger partial charge in [0, 0.05) is 17.6 Å². The first kappa shape index (κ1) is 10.6. The second-order valence-electron chi connectivity index (χ2n) is 4.01. The van der Waals surface area contributed by atoms with Crippen molar-refractivity contribution in [3.8, 4) is 11.8 Å². The van der Waals surface area contributed by atoms with Gasteiger partial charge in [-0.05, 0) is 32.0 Å². The maximum Gasteiger partial charge on any atom is 0.143 e. The third-order valence-electron chi connectivity index (χ3n) is 2.74. The zero-order valence-electron chi connectivity index (χ0n) is 9.69. The van der Waals surface area contributed by atoms with E-state index >= 15 is 0 Å². The van der Waals surface area contributed by atoms with Crippen molar-refractivity contribution in [1.82, 2.24) is 4.57 Å². The Bertz CT molecular complexity index is 561. The highest BCUT2D eigenvalue weighted by molar-refractivity contribution is 5.91. The van der Waals surface area contributed by atoms with Crippen molar-refractivity contribution in [3.63, 3.8) is 0 Å². The fraction of sp³-hybridized carbons (Fsp3) is 0.308. The number of benzene rings is 1. The Balaban J connectivity index is 2.84. The van der Waals surface area contributed by atoms with Gasteiger partial charge in [0.15, 0.2) is 0 Å². The normalized spacial score (nSPS) is 10.7. The van der Waals surface area contributed by atoms with Crippen LogP contribution in [0.15, 0.2) is 24.4 Å². The zero-order chi connectivity index (χ0) is 11.7. The smallest absolute Gasteiger partial charge is 0.143 e. The number of rotatable bonds is 2. The Morgan fingerprint density at radius 2 is 2.06 bits per heavy atom. The predicted octanol–water partition coefficient (Wildman–Crippen LogP) is 3.10. The van der Waals surface area contributed by atoms with Crippen molar-refractivity contribution in [1.29, 1.82) is 5.26 Å². The molecule has 0 N–H and O–H groups in total. The maximum atomic E-state index is 9.05. The quantitative estimate of drug-likeness (QED) is 0.770. The van der Waals surface area contributed by atoms with Crippen LogP contribution >= 0.6 is 0 Å². The minimum atomic E-state index is 0.348. The van der Waals surface area contributed by atoms with E-state index in [1.807, 2.05) is 18.3 Å². The topological polar surface area (TPSA) is 37.9 Å². The van der Waals surface area contributed by atoms with Gasteiger partial charge >= 0.3 is 0 Å². The highest BCUT2D eigenvalue weighted by atomic mass is 16.5. The summed E-state index contributed by atoms with van der Waals surface area (Å²) in [5.41, 5.74) is 1.69. The van der Waals surface area contributed by atoms with Crippen LogP contribution in [0.2, 0.25) is 0 Å². The van der Waals surface area contributed by atoms with Gasteiger partial charge in [-0.1, -0.05) is 0 Å². The summed E-state index contributed by atoms with van der Waals surface area (Å²) >= 11 is 0. The Hall–Kier alpha value is -1.95. The zero-order valence-corrected chi connectivity index (χ0v) is 9.69. The number of ether oxygens (including phenoxy) is 1. The van der Waals surface area contributed by atoms with E-state index in [1.54, 1.807) is 13.2 Å². The van der Waals surface area contributed by atoms with Gasteiger partial charge in [0.05, 0.1) is 24.3 Å². The van der Waals surface area contributed by atoms with Crippen LogP contribution in [0, 0.1) is 11.3 Å². The molecule has 0 amide bonds. The molecule has 1 heterocycles. The molecule has 1 aromatic carbocycles. The first-order chi connectivity index (χ1) is 7.69. The number of aromatic nitrogens is 1. The second-order valence-corrected chi connectivity index (χ2v) is 4.01. The van der Waals surface area contributed by atoms with Gasteiger partial charge < -0.3 is 9.30 Å². The lowest BCUT2D eigenvalue weighted by atomic mass is 10.1. The van der Waals surface area contributed by atoms with E-state index in [1.165, 1.54) is 0 Å². The Morgan fingerprint density at radius 3 is 2.62 bits per heavy atom. The van der Waals surface area contributed by atoms with E-state index in [-0.39, 0.29) is 0 Å². The highest BCUT2D eigenvalue weighted by Gasteiger charge is 2.12. The molecule has 0 unspecified atom stereocenters. The van der Waals surface area contributed by atoms with Crippen molar-refractivity contribution < 1.29 is 4.74 Å². The standard InChI is InChI=1S/C13H14N2O/c1-9(2)15-7-6-11-10(8-14)4-5-12(16-3)13(11)15/h4-7,9H,1-3H3. The lowest BCUT2D eigenvalue weighted by Gasteiger charge is -2.12. The molecule has 0 bridgehead atoms. The van der Waals surface area contributed by atoms with Gasteiger partial charge in [0.2, 0.25) is 0 Å². The molecule has 0 atom stereocenters. The Kier molecular flexibility index (Phi) is 2.57. The van der Waals surface area contributed by atoms with E-state index in [0.29, 0.717) is 11.6 Å². The van der Waals surface area contributed by atoms with Crippen LogP contribution in [0.3, 0.4) is 0 Å². The molecule has 2 aromatic rings. The van der Waals surface area contributed by atoms with Crippen LogP contribution in [-0.4, -0.2) is 11.7 Å². The van der Waals surface area contributed by atoms with Gasteiger partial charge in [-0.2, -0.15) is 5.26 Å². The molecule has 2 rings (SSSR count). The van der Waals surface area contributed by atoms with Crippen LogP contribution in [-0.2, 0) is 0 Å². The first-order valence-electron chi connectivity index (χ1n) is 5.26. The SMILES string of the molecule is COc1ccc(C#N)c2ccn(C(C)C)c12. The number of nitriles is 1. The monoisotopic (exact) mass is 214 g/mol. The minimum Gasteiger partial charge on any atom is -0.495 e. The van der Waals surface area contributed by atoms with Crippen molar-refractivity contribution in [2.45, 2.75) is 19.9 Å². The van der Waals surface area contributed by atoms with E-state index in [4.69, 9.17) is 10.00 Å². The molecule has 1 aromatic heterocycles. The predicted molar refractivity (Wildman–Crippen MR) is 63.6 cm³/mol. The number of hydrogen-bond donors (Lipinski definition) is 0. The lowest BCUT2D eigenvalue weighted by molar-refractivity contribution is 0.416. The number of nitrogens with zero attached hydrogens (tertiary/aromatic N) is 2. The van der Waals surface area contributed by atoms with Crippen LogP contribution in [0.1, 0.15) is 25.5 Å². The molecule has 0 aliphatic carbocycles. The summed E-state index contributed by atoms with van der Waals surface area (Å²) in [5.74, 6) is 0.813. The van der Waals surface area contributed by atoms with E-state index in [9.17, 15) is 0 Å². The van der Waals surface area contributed by atoms with Crippen LogP contribution in [0.5, 0.6) is 5.75 Å².